The molecule has 0 saturated heterocycles. The van der Waals surface area contributed by atoms with Crippen molar-refractivity contribution in [2.75, 3.05) is 7.05 Å². The maximum atomic E-state index is 3.91. The van der Waals surface area contributed by atoms with Gasteiger partial charge in [0.25, 0.3) is 0 Å². The van der Waals surface area contributed by atoms with Gasteiger partial charge in [-0.25, -0.2) is 0 Å². The first-order chi connectivity index (χ1) is 5.93. The zero-order chi connectivity index (χ0) is 8.65. The Bertz CT molecular complexity index is 229. The van der Waals surface area contributed by atoms with Crippen molar-refractivity contribution in [3.05, 3.63) is 35.9 Å². The molecule has 12 heavy (non-hydrogen) atoms. The monoisotopic (exact) mass is 162 g/mol. The number of hydrogen-bond donors (Lipinski definition) is 1. The number of aryl methyl sites for hydroxylation is 1. The van der Waals surface area contributed by atoms with Crippen LogP contribution in [0.3, 0.4) is 0 Å². The van der Waals surface area contributed by atoms with Crippen LogP contribution < -0.4 is 5.43 Å². The fraction of sp³-hybridized carbons (Fsp3) is 0.300. The Morgan fingerprint density at radius 2 is 2.08 bits per heavy atom. The van der Waals surface area contributed by atoms with E-state index in [9.17, 15) is 0 Å². The average molecular weight is 162 g/mol. The number of hydrazone groups is 1. The molecule has 0 fully saturated rings. The molecule has 0 aromatic heterocycles. The van der Waals surface area contributed by atoms with Crippen molar-refractivity contribution in [1.82, 2.24) is 5.43 Å². The summed E-state index contributed by atoms with van der Waals surface area (Å²) in [4.78, 5) is 0. The highest BCUT2D eigenvalue weighted by Gasteiger charge is 1.87. The fourth-order valence-electron chi connectivity index (χ4n) is 1.03. The van der Waals surface area contributed by atoms with Crippen molar-refractivity contribution in [2.24, 2.45) is 5.10 Å². The van der Waals surface area contributed by atoms with E-state index in [4.69, 9.17) is 0 Å². The van der Waals surface area contributed by atoms with E-state index < -0.39 is 0 Å². The van der Waals surface area contributed by atoms with E-state index in [0.717, 1.165) is 12.8 Å². The summed E-state index contributed by atoms with van der Waals surface area (Å²) in [6.07, 6.45) is 3.95. The fourth-order valence-corrected chi connectivity index (χ4v) is 1.03. The zero-order valence-electron chi connectivity index (χ0n) is 7.33. The van der Waals surface area contributed by atoms with Gasteiger partial charge in [-0.15, -0.1) is 0 Å². The minimum atomic E-state index is 0.991. The third-order valence-corrected chi connectivity index (χ3v) is 1.63. The van der Waals surface area contributed by atoms with Crippen molar-refractivity contribution >= 4 is 6.21 Å². The van der Waals surface area contributed by atoms with Gasteiger partial charge in [0.15, 0.2) is 0 Å². The van der Waals surface area contributed by atoms with Crippen LogP contribution in [0, 0.1) is 0 Å². The predicted octanol–water partition coefficient (Wildman–Crippen LogP) is 1.82. The second kappa shape index (κ2) is 5.35. The van der Waals surface area contributed by atoms with Gasteiger partial charge in [0, 0.05) is 13.3 Å². The predicted molar refractivity (Wildman–Crippen MR) is 52.3 cm³/mol. The van der Waals surface area contributed by atoms with E-state index in [-0.39, 0.29) is 0 Å². The molecule has 0 radical (unpaired) electrons. The maximum Gasteiger partial charge on any atom is 0.0245 e. The average Bonchev–Trinajstić information content (AvgIpc) is 2.14. The van der Waals surface area contributed by atoms with Crippen molar-refractivity contribution in [3.8, 4) is 0 Å². The highest BCUT2D eigenvalue weighted by Crippen LogP contribution is 2.00. The topological polar surface area (TPSA) is 24.4 Å². The number of nitrogens with zero attached hydrogens (tertiary/aromatic N) is 1. The van der Waals surface area contributed by atoms with Gasteiger partial charge in [0.2, 0.25) is 0 Å². The van der Waals surface area contributed by atoms with Crippen LogP contribution in [0.15, 0.2) is 35.4 Å². The van der Waals surface area contributed by atoms with Gasteiger partial charge in [-0.05, 0) is 18.4 Å². The van der Waals surface area contributed by atoms with Crippen LogP contribution >= 0.6 is 0 Å². The smallest absolute Gasteiger partial charge is 0.0245 e. The van der Waals surface area contributed by atoms with E-state index in [2.05, 4.69) is 34.8 Å². The lowest BCUT2D eigenvalue weighted by Crippen LogP contribution is -1.94. The van der Waals surface area contributed by atoms with Crippen LogP contribution in [-0.2, 0) is 6.42 Å². The molecule has 0 bridgehead atoms. The van der Waals surface area contributed by atoms with Crippen molar-refractivity contribution in [2.45, 2.75) is 12.8 Å². The second-order valence-electron chi connectivity index (χ2n) is 2.56. The summed E-state index contributed by atoms with van der Waals surface area (Å²) in [6.45, 7) is 0. The molecule has 1 rings (SSSR count). The van der Waals surface area contributed by atoms with Gasteiger partial charge < -0.3 is 5.43 Å². The van der Waals surface area contributed by atoms with E-state index >= 15 is 0 Å². The molecule has 0 amide bonds. The summed E-state index contributed by atoms with van der Waals surface area (Å²) >= 11 is 0. The van der Waals surface area contributed by atoms with Crippen LogP contribution in [0.4, 0.5) is 0 Å². The Kier molecular flexibility index (Phi) is 3.92. The van der Waals surface area contributed by atoms with Crippen LogP contribution in [0.2, 0.25) is 0 Å². The quantitative estimate of drug-likeness (QED) is 0.530. The third-order valence-electron chi connectivity index (χ3n) is 1.63. The third kappa shape index (κ3) is 3.19. The summed E-state index contributed by atoms with van der Waals surface area (Å²) < 4.78 is 0. The summed E-state index contributed by atoms with van der Waals surface area (Å²) in [5, 5.41) is 3.91. The molecular formula is C10H14N2. The maximum absolute atomic E-state index is 3.91. The minimum absolute atomic E-state index is 0.991. The van der Waals surface area contributed by atoms with Gasteiger partial charge in [-0.2, -0.15) is 5.10 Å². The zero-order valence-corrected chi connectivity index (χ0v) is 7.33. The molecule has 0 aliphatic rings. The molecule has 2 heteroatoms. The van der Waals surface area contributed by atoms with E-state index in [1.165, 1.54) is 5.56 Å². The van der Waals surface area contributed by atoms with Crippen LogP contribution in [-0.4, -0.2) is 13.3 Å². The lowest BCUT2D eigenvalue weighted by atomic mass is 10.1. The van der Waals surface area contributed by atoms with Crippen molar-refractivity contribution in [3.63, 3.8) is 0 Å². The van der Waals surface area contributed by atoms with Gasteiger partial charge in [0.1, 0.15) is 0 Å². The van der Waals surface area contributed by atoms with E-state index in [1.807, 2.05) is 12.3 Å². The van der Waals surface area contributed by atoms with Gasteiger partial charge >= 0.3 is 0 Å². The molecule has 0 atom stereocenters. The number of nitrogens with one attached hydrogen (secondary N) is 1. The summed E-state index contributed by atoms with van der Waals surface area (Å²) in [5.41, 5.74) is 4.08. The molecule has 0 aliphatic heterocycles. The first-order valence-corrected chi connectivity index (χ1v) is 4.15. The minimum Gasteiger partial charge on any atom is -0.313 e. The van der Waals surface area contributed by atoms with Crippen LogP contribution in [0.25, 0.3) is 0 Å². The highest BCUT2D eigenvalue weighted by atomic mass is 15.3. The SMILES string of the molecule is CN/N=C\CCc1ccccc1. The first-order valence-electron chi connectivity index (χ1n) is 4.15. The van der Waals surface area contributed by atoms with Crippen molar-refractivity contribution in [1.29, 1.82) is 0 Å². The van der Waals surface area contributed by atoms with Crippen molar-refractivity contribution < 1.29 is 0 Å². The molecule has 1 aromatic carbocycles. The van der Waals surface area contributed by atoms with Gasteiger partial charge in [0.05, 0.1) is 0 Å². The second-order valence-corrected chi connectivity index (χ2v) is 2.56. The van der Waals surface area contributed by atoms with Gasteiger partial charge in [-0.3, -0.25) is 0 Å². The number of rotatable bonds is 4. The van der Waals surface area contributed by atoms with Gasteiger partial charge in [-0.1, -0.05) is 30.3 Å². The Labute approximate surface area is 73.3 Å². The summed E-state index contributed by atoms with van der Waals surface area (Å²) in [5.74, 6) is 0. The molecule has 64 valence electrons. The molecule has 0 saturated carbocycles. The molecule has 0 heterocycles. The molecular weight excluding hydrogens is 148 g/mol. The number of benzene rings is 1. The highest BCUT2D eigenvalue weighted by molar-refractivity contribution is 5.57. The molecule has 0 spiro atoms. The number of hydrogen-bond acceptors (Lipinski definition) is 2. The Morgan fingerprint density at radius 3 is 2.75 bits per heavy atom. The standard InChI is InChI=1S/C10H14N2/c1-11-12-9-5-8-10-6-3-2-4-7-10/h2-4,6-7,9,11H,5,8H2,1H3/b12-9-. The van der Waals surface area contributed by atoms with E-state index in [1.54, 1.807) is 7.05 Å². The Hall–Kier alpha value is -1.31. The Balaban J connectivity index is 2.29. The van der Waals surface area contributed by atoms with Crippen LogP contribution in [0.1, 0.15) is 12.0 Å². The lowest BCUT2D eigenvalue weighted by Gasteiger charge is -1.95. The first kappa shape index (κ1) is 8.78. The molecule has 1 aromatic rings. The molecule has 2 nitrogen and oxygen atoms in total. The summed E-state index contributed by atoms with van der Waals surface area (Å²) in [6, 6.07) is 10.4. The normalized spacial score (nSPS) is 10.4. The molecule has 0 unspecified atom stereocenters. The largest absolute Gasteiger partial charge is 0.313 e. The molecule has 1 N–H and O–H groups in total. The Morgan fingerprint density at radius 1 is 1.33 bits per heavy atom. The lowest BCUT2D eigenvalue weighted by molar-refractivity contribution is 0.894. The molecule has 0 aliphatic carbocycles. The van der Waals surface area contributed by atoms with E-state index in [0.29, 0.717) is 0 Å². The summed E-state index contributed by atoms with van der Waals surface area (Å²) in [7, 11) is 1.80. The van der Waals surface area contributed by atoms with Crippen LogP contribution in [0.5, 0.6) is 0 Å².